The summed E-state index contributed by atoms with van der Waals surface area (Å²) in [6.45, 7) is 5.07. The molecule has 2 aliphatic rings. The Balaban J connectivity index is 1.96. The zero-order valence-corrected chi connectivity index (χ0v) is 7.25. The summed E-state index contributed by atoms with van der Waals surface area (Å²) < 4.78 is 21.7. The van der Waals surface area contributed by atoms with Crippen molar-refractivity contribution in [1.82, 2.24) is 0 Å². The highest BCUT2D eigenvalue weighted by molar-refractivity contribution is 4.80. The van der Waals surface area contributed by atoms with Crippen LogP contribution in [0.3, 0.4) is 0 Å². The van der Waals surface area contributed by atoms with Crippen molar-refractivity contribution in [1.29, 1.82) is 0 Å². The molecule has 0 amide bonds. The van der Waals surface area contributed by atoms with E-state index in [-0.39, 0.29) is 6.10 Å². The minimum atomic E-state index is -0.583. The van der Waals surface area contributed by atoms with E-state index in [4.69, 9.17) is 18.9 Å². The molecule has 1 unspecified atom stereocenters. The van der Waals surface area contributed by atoms with Crippen LogP contribution < -0.4 is 0 Å². The fraction of sp³-hybridized carbons (Fsp3) is 1.00. The molecule has 1 atom stereocenters. The lowest BCUT2D eigenvalue weighted by Gasteiger charge is -2.34. The van der Waals surface area contributed by atoms with Crippen LogP contribution in [-0.2, 0) is 18.9 Å². The molecular formula is C8H14O4. The molecular weight excluding hydrogens is 160 g/mol. The van der Waals surface area contributed by atoms with Gasteiger partial charge >= 0.3 is 0 Å². The van der Waals surface area contributed by atoms with E-state index in [1.165, 1.54) is 0 Å². The van der Waals surface area contributed by atoms with Crippen molar-refractivity contribution in [2.24, 2.45) is 0 Å². The molecule has 2 heterocycles. The van der Waals surface area contributed by atoms with E-state index in [1.807, 2.05) is 6.92 Å². The monoisotopic (exact) mass is 174 g/mol. The SMILES string of the molecule is CC1(C2COCCO2)OCCO1. The summed E-state index contributed by atoms with van der Waals surface area (Å²) in [4.78, 5) is 0. The Bertz CT molecular complexity index is 147. The van der Waals surface area contributed by atoms with Crippen molar-refractivity contribution in [3.63, 3.8) is 0 Å². The van der Waals surface area contributed by atoms with Gasteiger partial charge in [-0.2, -0.15) is 0 Å². The van der Waals surface area contributed by atoms with Crippen LogP contribution in [-0.4, -0.2) is 44.9 Å². The zero-order chi connectivity index (χ0) is 8.44. The number of hydrogen-bond donors (Lipinski definition) is 0. The molecule has 12 heavy (non-hydrogen) atoms. The second-order valence-electron chi connectivity index (χ2n) is 3.15. The molecule has 2 rings (SSSR count). The second-order valence-corrected chi connectivity index (χ2v) is 3.15. The Hall–Kier alpha value is -0.160. The van der Waals surface area contributed by atoms with Gasteiger partial charge in [0.2, 0.25) is 0 Å². The summed E-state index contributed by atoms with van der Waals surface area (Å²) in [5.41, 5.74) is 0. The van der Waals surface area contributed by atoms with Crippen LogP contribution in [0.25, 0.3) is 0 Å². The average Bonchev–Trinajstić information content (AvgIpc) is 2.55. The summed E-state index contributed by atoms with van der Waals surface area (Å²) in [6, 6.07) is 0. The first-order valence-corrected chi connectivity index (χ1v) is 4.28. The fourth-order valence-electron chi connectivity index (χ4n) is 1.51. The predicted molar refractivity (Wildman–Crippen MR) is 40.9 cm³/mol. The second kappa shape index (κ2) is 3.30. The Morgan fingerprint density at radius 1 is 1.08 bits per heavy atom. The van der Waals surface area contributed by atoms with E-state index in [1.54, 1.807) is 0 Å². The Morgan fingerprint density at radius 3 is 2.42 bits per heavy atom. The van der Waals surface area contributed by atoms with Crippen LogP contribution in [0.1, 0.15) is 6.92 Å². The summed E-state index contributed by atoms with van der Waals surface area (Å²) in [6.07, 6.45) is -0.0752. The number of ether oxygens (including phenoxy) is 4. The molecule has 2 aliphatic heterocycles. The normalized spacial score (nSPS) is 35.2. The van der Waals surface area contributed by atoms with Crippen LogP contribution in [0.4, 0.5) is 0 Å². The van der Waals surface area contributed by atoms with Crippen LogP contribution in [0, 0.1) is 0 Å². The largest absolute Gasteiger partial charge is 0.376 e. The molecule has 0 N–H and O–H groups in total. The van der Waals surface area contributed by atoms with Crippen molar-refractivity contribution >= 4 is 0 Å². The highest BCUT2D eigenvalue weighted by Gasteiger charge is 2.41. The Morgan fingerprint density at radius 2 is 1.83 bits per heavy atom. The highest BCUT2D eigenvalue weighted by Crippen LogP contribution is 2.26. The van der Waals surface area contributed by atoms with E-state index in [0.29, 0.717) is 33.0 Å². The van der Waals surface area contributed by atoms with Crippen LogP contribution >= 0.6 is 0 Å². The van der Waals surface area contributed by atoms with Gasteiger partial charge < -0.3 is 18.9 Å². The third kappa shape index (κ3) is 1.47. The molecule has 0 aromatic rings. The van der Waals surface area contributed by atoms with Gasteiger partial charge in [0.25, 0.3) is 0 Å². The minimum absolute atomic E-state index is 0.0752. The van der Waals surface area contributed by atoms with Crippen LogP contribution in [0.5, 0.6) is 0 Å². The van der Waals surface area contributed by atoms with E-state index in [2.05, 4.69) is 0 Å². The zero-order valence-electron chi connectivity index (χ0n) is 7.25. The van der Waals surface area contributed by atoms with Crippen molar-refractivity contribution in [2.45, 2.75) is 18.8 Å². The van der Waals surface area contributed by atoms with Crippen molar-refractivity contribution in [3.8, 4) is 0 Å². The summed E-state index contributed by atoms with van der Waals surface area (Å²) in [7, 11) is 0. The first-order chi connectivity index (χ1) is 5.81. The summed E-state index contributed by atoms with van der Waals surface area (Å²) in [5.74, 6) is -0.583. The predicted octanol–water partition coefficient (Wildman–Crippen LogP) is 0.165. The average molecular weight is 174 g/mol. The highest BCUT2D eigenvalue weighted by atomic mass is 16.8. The van der Waals surface area contributed by atoms with E-state index in [0.717, 1.165) is 0 Å². The fourth-order valence-corrected chi connectivity index (χ4v) is 1.51. The quantitative estimate of drug-likeness (QED) is 0.567. The maximum Gasteiger partial charge on any atom is 0.194 e. The molecule has 2 fully saturated rings. The standard InChI is InChI=1S/C8H14O4/c1-8(11-4-5-12-8)7-6-9-2-3-10-7/h7H,2-6H2,1H3. The first-order valence-electron chi connectivity index (χ1n) is 4.28. The Kier molecular flexibility index (Phi) is 2.32. The van der Waals surface area contributed by atoms with Crippen molar-refractivity contribution in [3.05, 3.63) is 0 Å². The lowest BCUT2D eigenvalue weighted by Crippen LogP contribution is -2.48. The van der Waals surface area contributed by atoms with Gasteiger partial charge in [-0.3, -0.25) is 0 Å². The molecule has 0 saturated carbocycles. The molecule has 0 aromatic carbocycles. The lowest BCUT2D eigenvalue weighted by atomic mass is 10.2. The van der Waals surface area contributed by atoms with Gasteiger partial charge in [-0.1, -0.05) is 0 Å². The maximum absolute atomic E-state index is 5.49. The molecule has 4 heteroatoms. The molecule has 0 aliphatic carbocycles. The van der Waals surface area contributed by atoms with E-state index >= 15 is 0 Å². The summed E-state index contributed by atoms with van der Waals surface area (Å²) >= 11 is 0. The lowest BCUT2D eigenvalue weighted by molar-refractivity contribution is -0.253. The minimum Gasteiger partial charge on any atom is -0.376 e. The van der Waals surface area contributed by atoms with Gasteiger partial charge in [0.15, 0.2) is 5.79 Å². The number of rotatable bonds is 1. The molecule has 0 spiro atoms. The molecule has 70 valence electrons. The van der Waals surface area contributed by atoms with E-state index < -0.39 is 5.79 Å². The van der Waals surface area contributed by atoms with Gasteiger partial charge in [0, 0.05) is 0 Å². The van der Waals surface area contributed by atoms with Gasteiger partial charge in [-0.05, 0) is 6.92 Å². The topological polar surface area (TPSA) is 36.9 Å². The van der Waals surface area contributed by atoms with Gasteiger partial charge in [-0.25, -0.2) is 0 Å². The van der Waals surface area contributed by atoms with Gasteiger partial charge in [0.05, 0.1) is 33.0 Å². The first kappa shape index (κ1) is 8.44. The maximum atomic E-state index is 5.49. The molecule has 0 bridgehead atoms. The van der Waals surface area contributed by atoms with Crippen molar-refractivity contribution in [2.75, 3.05) is 33.0 Å². The molecule has 4 nitrogen and oxygen atoms in total. The third-order valence-electron chi connectivity index (χ3n) is 2.26. The molecule has 2 saturated heterocycles. The van der Waals surface area contributed by atoms with Gasteiger partial charge in [0.1, 0.15) is 6.10 Å². The van der Waals surface area contributed by atoms with Gasteiger partial charge in [-0.15, -0.1) is 0 Å². The third-order valence-corrected chi connectivity index (χ3v) is 2.26. The van der Waals surface area contributed by atoms with Crippen molar-refractivity contribution < 1.29 is 18.9 Å². The van der Waals surface area contributed by atoms with Crippen LogP contribution in [0.15, 0.2) is 0 Å². The molecule has 0 aromatic heterocycles. The van der Waals surface area contributed by atoms with E-state index in [9.17, 15) is 0 Å². The molecule has 0 radical (unpaired) electrons. The number of hydrogen-bond acceptors (Lipinski definition) is 4. The Labute approximate surface area is 71.7 Å². The van der Waals surface area contributed by atoms with Crippen LogP contribution in [0.2, 0.25) is 0 Å². The smallest absolute Gasteiger partial charge is 0.194 e. The summed E-state index contributed by atoms with van der Waals surface area (Å²) in [5, 5.41) is 0.